The quantitative estimate of drug-likeness (QED) is 0.514. The lowest BCUT2D eigenvalue weighted by molar-refractivity contribution is -0.118. The van der Waals surface area contributed by atoms with E-state index < -0.39 is 0 Å². The number of carbonyl (C=O) groups is 1. The summed E-state index contributed by atoms with van der Waals surface area (Å²) in [5.74, 6) is -0.236. The van der Waals surface area contributed by atoms with Crippen LogP contribution >= 0.6 is 23.2 Å². The Bertz CT molecular complexity index is 164. The van der Waals surface area contributed by atoms with Crippen molar-refractivity contribution in [1.82, 2.24) is 0 Å². The van der Waals surface area contributed by atoms with Gasteiger partial charge in [-0.3, -0.25) is 4.79 Å². The molecule has 2 nitrogen and oxygen atoms in total. The molecule has 2 unspecified atom stereocenters. The molecule has 2 atom stereocenters. The Morgan fingerprint density at radius 2 is 1.93 bits per heavy atom. The van der Waals surface area contributed by atoms with E-state index in [0.717, 1.165) is 32.1 Å². The van der Waals surface area contributed by atoms with Crippen molar-refractivity contribution < 1.29 is 4.79 Å². The summed E-state index contributed by atoms with van der Waals surface area (Å²) in [7, 11) is 0. The molecule has 0 saturated carbocycles. The fourth-order valence-corrected chi connectivity index (χ4v) is 1.90. The van der Waals surface area contributed by atoms with Crippen LogP contribution in [0.4, 0.5) is 0 Å². The van der Waals surface area contributed by atoms with Crippen LogP contribution in [0, 0.1) is 0 Å². The molecule has 4 heteroatoms. The summed E-state index contributed by atoms with van der Waals surface area (Å²) >= 11 is 12.0. The highest BCUT2D eigenvalue weighted by Crippen LogP contribution is 2.18. The second-order valence-corrected chi connectivity index (χ2v) is 4.79. The van der Waals surface area contributed by atoms with E-state index in [0.29, 0.717) is 6.42 Å². The van der Waals surface area contributed by atoms with Gasteiger partial charge in [0.1, 0.15) is 0 Å². The Morgan fingerprint density at radius 3 is 2.43 bits per heavy atom. The first-order chi connectivity index (χ1) is 6.56. The lowest BCUT2D eigenvalue weighted by Crippen LogP contribution is -2.11. The van der Waals surface area contributed by atoms with Gasteiger partial charge < -0.3 is 5.73 Å². The minimum atomic E-state index is -0.236. The molecule has 0 spiro atoms. The first kappa shape index (κ1) is 14.1. The first-order valence-electron chi connectivity index (χ1n) is 5.12. The second-order valence-electron chi connectivity index (χ2n) is 3.55. The molecule has 0 rings (SSSR count). The number of halogens is 2. The number of hydrogen-bond acceptors (Lipinski definition) is 1. The summed E-state index contributed by atoms with van der Waals surface area (Å²) in [5.41, 5.74) is 5.02. The summed E-state index contributed by atoms with van der Waals surface area (Å²) in [4.78, 5) is 10.4. The fraction of sp³-hybridized carbons (Fsp3) is 0.900. The predicted molar refractivity (Wildman–Crippen MR) is 61.9 cm³/mol. The van der Waals surface area contributed by atoms with Gasteiger partial charge in [0.05, 0.1) is 0 Å². The fourth-order valence-electron chi connectivity index (χ4n) is 1.23. The van der Waals surface area contributed by atoms with E-state index in [1.54, 1.807) is 0 Å². The molecule has 0 bridgehead atoms. The SMILES string of the molecule is CCC(Cl)CC(Cl)CCCCC(N)=O. The van der Waals surface area contributed by atoms with Crippen LogP contribution in [0.3, 0.4) is 0 Å². The number of unbranched alkanes of at least 4 members (excludes halogenated alkanes) is 1. The molecule has 2 N–H and O–H groups in total. The van der Waals surface area contributed by atoms with Crippen molar-refractivity contribution in [3.05, 3.63) is 0 Å². The Morgan fingerprint density at radius 1 is 1.29 bits per heavy atom. The van der Waals surface area contributed by atoms with Crippen LogP contribution in [-0.4, -0.2) is 16.7 Å². The van der Waals surface area contributed by atoms with E-state index in [9.17, 15) is 4.79 Å². The maximum atomic E-state index is 10.4. The van der Waals surface area contributed by atoms with Crippen molar-refractivity contribution in [3.63, 3.8) is 0 Å². The molecule has 0 aliphatic carbocycles. The number of amides is 1. The van der Waals surface area contributed by atoms with Crippen molar-refractivity contribution in [3.8, 4) is 0 Å². The summed E-state index contributed by atoms with van der Waals surface area (Å²) in [6.45, 7) is 2.05. The highest BCUT2D eigenvalue weighted by atomic mass is 35.5. The van der Waals surface area contributed by atoms with Crippen LogP contribution in [0.15, 0.2) is 0 Å². The molecule has 0 heterocycles. The Labute approximate surface area is 96.1 Å². The summed E-state index contributed by atoms with van der Waals surface area (Å²) in [6.07, 6.45) is 4.95. The number of carbonyl (C=O) groups excluding carboxylic acids is 1. The Kier molecular flexibility index (Phi) is 8.40. The van der Waals surface area contributed by atoms with E-state index in [2.05, 4.69) is 0 Å². The average Bonchev–Trinajstić information content (AvgIpc) is 2.12. The van der Waals surface area contributed by atoms with Crippen molar-refractivity contribution in [2.75, 3.05) is 0 Å². The zero-order valence-electron chi connectivity index (χ0n) is 8.64. The number of primary amides is 1. The van der Waals surface area contributed by atoms with Gasteiger partial charge in [0.15, 0.2) is 0 Å². The molecule has 1 amide bonds. The average molecular weight is 240 g/mol. The molecule has 0 radical (unpaired) electrons. The molecular weight excluding hydrogens is 221 g/mol. The normalized spacial score (nSPS) is 15.1. The van der Waals surface area contributed by atoms with Gasteiger partial charge in [-0.15, -0.1) is 23.2 Å². The number of alkyl halides is 2. The zero-order chi connectivity index (χ0) is 11.0. The zero-order valence-corrected chi connectivity index (χ0v) is 10.2. The lowest BCUT2D eigenvalue weighted by atomic mass is 10.1. The van der Waals surface area contributed by atoms with Crippen LogP contribution in [0.5, 0.6) is 0 Å². The van der Waals surface area contributed by atoms with Crippen LogP contribution in [0.2, 0.25) is 0 Å². The minimum Gasteiger partial charge on any atom is -0.370 e. The van der Waals surface area contributed by atoms with Crippen LogP contribution in [0.25, 0.3) is 0 Å². The van der Waals surface area contributed by atoms with Gasteiger partial charge >= 0.3 is 0 Å². The summed E-state index contributed by atoms with van der Waals surface area (Å²) in [6, 6.07) is 0. The second kappa shape index (κ2) is 8.37. The molecule has 0 aliphatic heterocycles. The molecule has 14 heavy (non-hydrogen) atoms. The van der Waals surface area contributed by atoms with Gasteiger partial charge in [0.25, 0.3) is 0 Å². The van der Waals surface area contributed by atoms with Crippen LogP contribution in [-0.2, 0) is 4.79 Å². The Hall–Kier alpha value is 0.0500. The van der Waals surface area contributed by atoms with E-state index in [4.69, 9.17) is 28.9 Å². The van der Waals surface area contributed by atoms with E-state index in [1.807, 2.05) is 6.92 Å². The number of hydrogen-bond donors (Lipinski definition) is 1. The smallest absolute Gasteiger partial charge is 0.217 e. The molecule has 0 aromatic carbocycles. The summed E-state index contributed by atoms with van der Waals surface area (Å²) in [5, 5.41) is 0.305. The van der Waals surface area contributed by atoms with Crippen LogP contribution < -0.4 is 5.73 Å². The third kappa shape index (κ3) is 8.64. The van der Waals surface area contributed by atoms with Gasteiger partial charge in [-0.1, -0.05) is 13.3 Å². The molecule has 84 valence electrons. The van der Waals surface area contributed by atoms with Gasteiger partial charge in [-0.2, -0.15) is 0 Å². The molecule has 0 aromatic rings. The van der Waals surface area contributed by atoms with Gasteiger partial charge in [-0.05, 0) is 25.7 Å². The van der Waals surface area contributed by atoms with E-state index in [1.165, 1.54) is 0 Å². The highest BCUT2D eigenvalue weighted by molar-refractivity contribution is 6.23. The summed E-state index contributed by atoms with van der Waals surface area (Å²) < 4.78 is 0. The molecular formula is C10H19Cl2NO. The minimum absolute atomic E-state index is 0.130. The first-order valence-corrected chi connectivity index (χ1v) is 6.00. The maximum Gasteiger partial charge on any atom is 0.217 e. The monoisotopic (exact) mass is 239 g/mol. The molecule has 0 aliphatic rings. The lowest BCUT2D eigenvalue weighted by Gasteiger charge is -2.11. The molecule has 0 aromatic heterocycles. The predicted octanol–water partition coefficient (Wildman–Crippen LogP) is 3.05. The van der Waals surface area contributed by atoms with Crippen molar-refractivity contribution in [2.45, 2.75) is 56.2 Å². The van der Waals surface area contributed by atoms with Gasteiger partial charge in [-0.25, -0.2) is 0 Å². The maximum absolute atomic E-state index is 10.4. The van der Waals surface area contributed by atoms with Crippen molar-refractivity contribution in [2.24, 2.45) is 5.73 Å². The topological polar surface area (TPSA) is 43.1 Å². The highest BCUT2D eigenvalue weighted by Gasteiger charge is 2.10. The van der Waals surface area contributed by atoms with E-state index in [-0.39, 0.29) is 16.7 Å². The van der Waals surface area contributed by atoms with Gasteiger partial charge in [0, 0.05) is 17.2 Å². The third-order valence-electron chi connectivity index (χ3n) is 2.15. The van der Waals surface area contributed by atoms with Crippen LogP contribution in [0.1, 0.15) is 45.4 Å². The van der Waals surface area contributed by atoms with Crippen molar-refractivity contribution >= 4 is 29.1 Å². The molecule has 0 saturated heterocycles. The molecule has 0 fully saturated rings. The standard InChI is InChI=1S/C10H19Cl2NO/c1-2-8(11)7-9(12)5-3-4-6-10(13)14/h8-9H,2-7H2,1H3,(H2,13,14). The van der Waals surface area contributed by atoms with Crippen molar-refractivity contribution in [1.29, 1.82) is 0 Å². The number of nitrogens with two attached hydrogens (primary N) is 1. The largest absolute Gasteiger partial charge is 0.370 e. The number of rotatable bonds is 8. The van der Waals surface area contributed by atoms with Gasteiger partial charge in [0.2, 0.25) is 5.91 Å². The third-order valence-corrected chi connectivity index (χ3v) is 3.03. The Balaban J connectivity index is 3.35. The van der Waals surface area contributed by atoms with E-state index >= 15 is 0 Å².